The maximum absolute atomic E-state index is 12.8. The van der Waals surface area contributed by atoms with E-state index in [2.05, 4.69) is 20.2 Å². The Morgan fingerprint density at radius 2 is 1.76 bits per heavy atom. The van der Waals surface area contributed by atoms with Gasteiger partial charge in [-0.05, 0) is 55.3 Å². The van der Waals surface area contributed by atoms with Gasteiger partial charge in [0.15, 0.2) is 5.76 Å². The summed E-state index contributed by atoms with van der Waals surface area (Å²) in [7, 11) is -4.04. The van der Waals surface area contributed by atoms with Crippen LogP contribution in [0.1, 0.15) is 24.7 Å². The molecule has 5 rings (SSSR count). The minimum atomic E-state index is -4.04. The number of thiazole rings is 1. The molecule has 0 radical (unpaired) electrons. The van der Waals surface area contributed by atoms with Crippen LogP contribution in [-0.2, 0) is 21.2 Å². The van der Waals surface area contributed by atoms with Gasteiger partial charge in [-0.15, -0.1) is 0 Å². The van der Waals surface area contributed by atoms with E-state index in [0.717, 1.165) is 15.8 Å². The Morgan fingerprint density at radius 1 is 0.974 bits per heavy atom. The van der Waals surface area contributed by atoms with Crippen LogP contribution >= 0.6 is 11.3 Å². The summed E-state index contributed by atoms with van der Waals surface area (Å²) in [6, 6.07) is 27.0. The lowest BCUT2D eigenvalue weighted by Gasteiger charge is -2.08. The number of rotatable bonds is 9. The fourth-order valence-corrected chi connectivity index (χ4v) is 5.64. The Kier molecular flexibility index (Phi) is 7.34. The molecule has 8 nitrogen and oxygen atoms in total. The number of carbonyl (C=O) groups is 1. The van der Waals surface area contributed by atoms with Crippen LogP contribution in [0.5, 0.6) is 0 Å². The molecule has 1 amide bonds. The van der Waals surface area contributed by atoms with Gasteiger partial charge >= 0.3 is 0 Å². The van der Waals surface area contributed by atoms with Gasteiger partial charge in [-0.3, -0.25) is 10.2 Å². The number of carbonyl (C=O) groups excluding carboxylic acids is 1. The summed E-state index contributed by atoms with van der Waals surface area (Å²) in [5, 5.41) is 5.04. The van der Waals surface area contributed by atoms with Crippen LogP contribution in [0.3, 0.4) is 0 Å². The summed E-state index contributed by atoms with van der Waals surface area (Å²) < 4.78 is 34.8. The second kappa shape index (κ2) is 11.0. The summed E-state index contributed by atoms with van der Waals surface area (Å²) in [5.41, 5.74) is 5.99. The number of anilines is 1. The van der Waals surface area contributed by atoms with Gasteiger partial charge in [-0.25, -0.2) is 18.1 Å². The molecule has 0 aliphatic rings. The maximum Gasteiger partial charge on any atom is 0.264 e. The van der Waals surface area contributed by atoms with Crippen LogP contribution in [-0.4, -0.2) is 25.0 Å². The monoisotopic (exact) mass is 544 g/mol. The van der Waals surface area contributed by atoms with E-state index in [9.17, 15) is 13.2 Å². The molecule has 2 N–H and O–H groups in total. The largest absolute Gasteiger partial charge is 0.455 e. The molecule has 10 heteroatoms. The Labute approximate surface area is 224 Å². The first-order valence-corrected chi connectivity index (χ1v) is 14.1. The maximum atomic E-state index is 12.8. The SMILES string of the molecule is C/C(=N\Nc1nc2ccccc2s1)c1ccc(-c2cccc(S(=O)(=O)NC(=O)CCc3ccccc3)c2)o1. The average molecular weight is 545 g/mol. The number of amides is 1. The highest BCUT2D eigenvalue weighted by molar-refractivity contribution is 7.90. The Bertz CT molecular complexity index is 1690. The summed E-state index contributed by atoms with van der Waals surface area (Å²) in [5.74, 6) is 0.435. The van der Waals surface area contributed by atoms with Crippen molar-refractivity contribution < 1.29 is 17.6 Å². The highest BCUT2D eigenvalue weighted by atomic mass is 32.2. The number of hydrogen-bond donors (Lipinski definition) is 2. The first-order valence-electron chi connectivity index (χ1n) is 11.8. The highest BCUT2D eigenvalue weighted by Gasteiger charge is 2.19. The second-order valence-electron chi connectivity index (χ2n) is 8.50. The van der Waals surface area contributed by atoms with Gasteiger partial charge in [0, 0.05) is 12.0 Å². The zero-order valence-corrected chi connectivity index (χ0v) is 22.1. The molecule has 3 aromatic carbocycles. The van der Waals surface area contributed by atoms with E-state index in [1.165, 1.54) is 23.5 Å². The first kappa shape index (κ1) is 25.4. The van der Waals surface area contributed by atoms with Crippen LogP contribution in [0.2, 0.25) is 0 Å². The third-order valence-corrected chi connectivity index (χ3v) is 8.05. The third-order valence-electron chi connectivity index (χ3n) is 5.74. The Hall–Kier alpha value is -4.28. The fourth-order valence-electron chi connectivity index (χ4n) is 3.77. The van der Waals surface area contributed by atoms with Gasteiger partial charge in [0.05, 0.1) is 15.1 Å². The van der Waals surface area contributed by atoms with E-state index in [0.29, 0.717) is 34.3 Å². The molecule has 38 heavy (non-hydrogen) atoms. The third kappa shape index (κ3) is 5.99. The van der Waals surface area contributed by atoms with Crippen LogP contribution < -0.4 is 10.1 Å². The van der Waals surface area contributed by atoms with E-state index in [4.69, 9.17) is 4.42 Å². The van der Waals surface area contributed by atoms with Crippen LogP contribution in [0.15, 0.2) is 105 Å². The zero-order valence-electron chi connectivity index (χ0n) is 20.4. The van der Waals surface area contributed by atoms with E-state index in [-0.39, 0.29) is 11.3 Å². The molecule has 192 valence electrons. The quantitative estimate of drug-likeness (QED) is 0.178. The number of fused-ring (bicyclic) bond motifs is 1. The summed E-state index contributed by atoms with van der Waals surface area (Å²) in [4.78, 5) is 16.8. The van der Waals surface area contributed by atoms with Crippen molar-refractivity contribution in [3.05, 3.63) is 102 Å². The number of nitrogens with zero attached hydrogens (tertiary/aromatic N) is 2. The number of furan rings is 1. The number of benzene rings is 3. The lowest BCUT2D eigenvalue weighted by Crippen LogP contribution is -2.30. The molecule has 0 spiro atoms. The van der Waals surface area contributed by atoms with Crippen molar-refractivity contribution >= 4 is 48.3 Å². The molecule has 0 aliphatic heterocycles. The van der Waals surface area contributed by atoms with Crippen molar-refractivity contribution in [2.45, 2.75) is 24.7 Å². The molecule has 2 aromatic heterocycles. The molecular weight excluding hydrogens is 520 g/mol. The second-order valence-corrected chi connectivity index (χ2v) is 11.2. The standard InChI is InChI=1S/C28H24N4O4S2/c1-19(30-31-28-29-23-12-5-6-13-26(23)37-28)24-15-16-25(36-24)21-10-7-11-22(18-21)38(34,35)32-27(33)17-14-20-8-3-2-4-9-20/h2-13,15-16,18H,14,17H2,1H3,(H,29,31)(H,32,33)/b30-19+. The van der Waals surface area contributed by atoms with E-state index in [1.54, 1.807) is 31.2 Å². The molecule has 0 atom stereocenters. The van der Waals surface area contributed by atoms with Crippen molar-refractivity contribution in [2.24, 2.45) is 5.10 Å². The summed E-state index contributed by atoms with van der Waals surface area (Å²) in [6.45, 7) is 1.80. The molecule has 0 bridgehead atoms. The van der Waals surface area contributed by atoms with Gasteiger partial charge in [0.2, 0.25) is 11.0 Å². The fraction of sp³-hybridized carbons (Fsp3) is 0.107. The van der Waals surface area contributed by atoms with Crippen molar-refractivity contribution in [1.29, 1.82) is 0 Å². The molecule has 0 unspecified atom stereocenters. The number of nitrogens with one attached hydrogen (secondary N) is 2. The molecule has 0 saturated heterocycles. The normalized spacial score (nSPS) is 12.0. The molecule has 0 fully saturated rings. The van der Waals surface area contributed by atoms with Gasteiger partial charge in [0.25, 0.3) is 10.0 Å². The molecule has 2 heterocycles. The van der Waals surface area contributed by atoms with Crippen molar-refractivity contribution in [1.82, 2.24) is 9.71 Å². The van der Waals surface area contributed by atoms with Crippen LogP contribution in [0.25, 0.3) is 21.5 Å². The molecule has 0 aliphatic carbocycles. The predicted octanol–water partition coefficient (Wildman–Crippen LogP) is 5.83. The number of para-hydroxylation sites is 1. The van der Waals surface area contributed by atoms with E-state index in [1.807, 2.05) is 54.6 Å². The van der Waals surface area contributed by atoms with Crippen molar-refractivity contribution in [3.63, 3.8) is 0 Å². The number of sulfonamides is 1. The topological polar surface area (TPSA) is 114 Å². The first-order chi connectivity index (χ1) is 18.4. The lowest BCUT2D eigenvalue weighted by atomic mass is 10.1. The van der Waals surface area contributed by atoms with Gasteiger partial charge in [0.1, 0.15) is 11.5 Å². The molecule has 5 aromatic rings. The van der Waals surface area contributed by atoms with Gasteiger partial charge in [-0.2, -0.15) is 5.10 Å². The van der Waals surface area contributed by atoms with Crippen LogP contribution in [0.4, 0.5) is 5.13 Å². The summed E-state index contributed by atoms with van der Waals surface area (Å²) in [6.07, 6.45) is 0.514. The minimum absolute atomic E-state index is 0.0242. The number of hydrogen-bond acceptors (Lipinski definition) is 8. The molecule has 0 saturated carbocycles. The van der Waals surface area contributed by atoms with Gasteiger partial charge in [-0.1, -0.05) is 65.9 Å². The minimum Gasteiger partial charge on any atom is -0.455 e. The average Bonchev–Trinajstić information content (AvgIpc) is 3.59. The van der Waals surface area contributed by atoms with E-state index < -0.39 is 15.9 Å². The predicted molar refractivity (Wildman–Crippen MR) is 150 cm³/mol. The van der Waals surface area contributed by atoms with Crippen LogP contribution in [0, 0.1) is 0 Å². The number of aromatic nitrogens is 1. The zero-order chi connectivity index (χ0) is 26.5. The molecular formula is C28H24N4O4S2. The van der Waals surface area contributed by atoms with Gasteiger partial charge < -0.3 is 4.42 Å². The Morgan fingerprint density at radius 3 is 2.58 bits per heavy atom. The number of aryl methyl sites for hydroxylation is 1. The highest BCUT2D eigenvalue weighted by Crippen LogP contribution is 2.27. The lowest BCUT2D eigenvalue weighted by molar-refractivity contribution is -0.119. The van der Waals surface area contributed by atoms with E-state index >= 15 is 0 Å². The van der Waals surface area contributed by atoms with Crippen molar-refractivity contribution in [2.75, 3.05) is 5.43 Å². The number of hydrazone groups is 1. The summed E-state index contributed by atoms with van der Waals surface area (Å²) >= 11 is 1.50. The smallest absolute Gasteiger partial charge is 0.264 e. The van der Waals surface area contributed by atoms with Crippen molar-refractivity contribution in [3.8, 4) is 11.3 Å². The Balaban J connectivity index is 1.26.